The number of amides is 2. The minimum absolute atomic E-state index is 0.174. The first-order valence-corrected chi connectivity index (χ1v) is 6.02. The number of hydrogen-bond donors (Lipinski definition) is 2. The Morgan fingerprint density at radius 3 is 2.50 bits per heavy atom. The van der Waals surface area contributed by atoms with Gasteiger partial charge < -0.3 is 20.1 Å². The van der Waals surface area contributed by atoms with Crippen LogP contribution in [0, 0.1) is 0 Å². The Bertz CT molecular complexity index is 430. The molecular formula is C13H18N2O3. The van der Waals surface area contributed by atoms with Crippen LogP contribution in [0.3, 0.4) is 0 Å². The number of carbonyl (C=O) groups excluding carboxylic acids is 1. The molecule has 1 saturated carbocycles. The van der Waals surface area contributed by atoms with Crippen LogP contribution < -0.4 is 20.1 Å². The molecule has 1 aromatic carbocycles. The maximum absolute atomic E-state index is 11.7. The van der Waals surface area contributed by atoms with Gasteiger partial charge in [0.25, 0.3) is 0 Å². The number of ether oxygens (including phenoxy) is 2. The van der Waals surface area contributed by atoms with Crippen molar-refractivity contribution in [3.8, 4) is 11.5 Å². The lowest BCUT2D eigenvalue weighted by Crippen LogP contribution is -2.41. The summed E-state index contributed by atoms with van der Waals surface area (Å²) in [6.45, 7) is 0. The summed E-state index contributed by atoms with van der Waals surface area (Å²) in [5.74, 6) is 1.24. The molecule has 1 aliphatic carbocycles. The first-order chi connectivity index (χ1) is 8.72. The van der Waals surface area contributed by atoms with Crippen LogP contribution in [0.25, 0.3) is 0 Å². The summed E-state index contributed by atoms with van der Waals surface area (Å²) in [6, 6.07) is 5.43. The number of benzene rings is 1. The van der Waals surface area contributed by atoms with Crippen molar-refractivity contribution in [3.05, 3.63) is 18.2 Å². The zero-order valence-corrected chi connectivity index (χ0v) is 10.7. The highest BCUT2D eigenvalue weighted by Gasteiger charge is 2.19. The van der Waals surface area contributed by atoms with Crippen molar-refractivity contribution < 1.29 is 14.3 Å². The molecule has 0 aromatic heterocycles. The molecular weight excluding hydrogens is 232 g/mol. The monoisotopic (exact) mass is 250 g/mol. The van der Waals surface area contributed by atoms with Gasteiger partial charge in [0.1, 0.15) is 0 Å². The van der Waals surface area contributed by atoms with E-state index >= 15 is 0 Å². The van der Waals surface area contributed by atoms with Crippen molar-refractivity contribution in [1.29, 1.82) is 0 Å². The van der Waals surface area contributed by atoms with Crippen molar-refractivity contribution in [3.63, 3.8) is 0 Å². The van der Waals surface area contributed by atoms with Crippen molar-refractivity contribution >= 4 is 11.7 Å². The number of carbonyl (C=O) groups is 1. The lowest BCUT2D eigenvalue weighted by Gasteiger charge is -2.26. The topological polar surface area (TPSA) is 59.6 Å². The third kappa shape index (κ3) is 2.85. The van der Waals surface area contributed by atoms with E-state index in [0.29, 0.717) is 23.2 Å². The maximum Gasteiger partial charge on any atom is 0.319 e. The summed E-state index contributed by atoms with van der Waals surface area (Å²) in [6.07, 6.45) is 3.33. The van der Waals surface area contributed by atoms with E-state index in [1.54, 1.807) is 32.4 Å². The van der Waals surface area contributed by atoms with Crippen LogP contribution >= 0.6 is 0 Å². The van der Waals surface area contributed by atoms with Crippen LogP contribution in [0.5, 0.6) is 11.5 Å². The van der Waals surface area contributed by atoms with Crippen LogP contribution in [-0.2, 0) is 0 Å². The lowest BCUT2D eigenvalue weighted by molar-refractivity contribution is 0.240. The van der Waals surface area contributed by atoms with Gasteiger partial charge in [0.05, 0.1) is 14.2 Å². The first-order valence-electron chi connectivity index (χ1n) is 6.02. The molecule has 0 heterocycles. The van der Waals surface area contributed by atoms with Gasteiger partial charge in [-0.15, -0.1) is 0 Å². The van der Waals surface area contributed by atoms with Gasteiger partial charge >= 0.3 is 6.03 Å². The fraction of sp³-hybridized carbons (Fsp3) is 0.462. The van der Waals surface area contributed by atoms with Crippen LogP contribution in [0.1, 0.15) is 19.3 Å². The average molecular weight is 250 g/mol. The van der Waals surface area contributed by atoms with E-state index in [1.165, 1.54) is 6.42 Å². The predicted molar refractivity (Wildman–Crippen MR) is 69.3 cm³/mol. The Labute approximate surface area is 106 Å². The highest BCUT2D eigenvalue weighted by atomic mass is 16.5. The molecule has 1 aliphatic rings. The Morgan fingerprint density at radius 2 is 1.94 bits per heavy atom. The Balaban J connectivity index is 1.97. The number of nitrogens with one attached hydrogen (secondary N) is 2. The van der Waals surface area contributed by atoms with E-state index in [2.05, 4.69) is 10.6 Å². The van der Waals surface area contributed by atoms with Crippen LogP contribution in [-0.4, -0.2) is 26.3 Å². The minimum Gasteiger partial charge on any atom is -0.493 e. The molecule has 0 aliphatic heterocycles. The predicted octanol–water partition coefficient (Wildman–Crippen LogP) is 2.38. The summed E-state index contributed by atoms with van der Waals surface area (Å²) < 4.78 is 10.3. The van der Waals surface area contributed by atoms with Crippen LogP contribution in [0.4, 0.5) is 10.5 Å². The zero-order valence-electron chi connectivity index (χ0n) is 10.7. The van der Waals surface area contributed by atoms with Gasteiger partial charge in [-0.2, -0.15) is 0 Å². The summed E-state index contributed by atoms with van der Waals surface area (Å²) in [4.78, 5) is 11.7. The van der Waals surface area contributed by atoms with E-state index in [0.717, 1.165) is 12.8 Å². The molecule has 0 atom stereocenters. The van der Waals surface area contributed by atoms with Gasteiger partial charge in [0.2, 0.25) is 0 Å². The third-order valence-corrected chi connectivity index (χ3v) is 3.08. The van der Waals surface area contributed by atoms with Gasteiger partial charge in [-0.25, -0.2) is 4.79 Å². The molecule has 0 spiro atoms. The molecule has 2 rings (SSSR count). The molecule has 1 aromatic rings. The van der Waals surface area contributed by atoms with Crippen molar-refractivity contribution in [1.82, 2.24) is 5.32 Å². The summed E-state index contributed by atoms with van der Waals surface area (Å²) in [7, 11) is 3.14. The van der Waals surface area contributed by atoms with E-state index in [4.69, 9.17) is 9.47 Å². The molecule has 5 nitrogen and oxygen atoms in total. The summed E-state index contributed by atoms with van der Waals surface area (Å²) in [5.41, 5.74) is 0.685. The number of methoxy groups -OCH3 is 2. The van der Waals surface area contributed by atoms with E-state index in [1.807, 2.05) is 0 Å². The minimum atomic E-state index is -0.174. The van der Waals surface area contributed by atoms with Crippen LogP contribution in [0.2, 0.25) is 0 Å². The molecule has 2 amide bonds. The SMILES string of the molecule is COc1ccc(NC(=O)NC2CCC2)cc1OC. The molecule has 0 saturated heterocycles. The molecule has 98 valence electrons. The fourth-order valence-corrected chi connectivity index (χ4v) is 1.82. The molecule has 2 N–H and O–H groups in total. The fourth-order valence-electron chi connectivity index (χ4n) is 1.82. The van der Waals surface area contributed by atoms with Crippen molar-refractivity contribution in [2.75, 3.05) is 19.5 Å². The van der Waals surface area contributed by atoms with Gasteiger partial charge in [0, 0.05) is 17.8 Å². The quantitative estimate of drug-likeness (QED) is 0.862. The maximum atomic E-state index is 11.7. The molecule has 18 heavy (non-hydrogen) atoms. The Hall–Kier alpha value is -1.91. The second kappa shape index (κ2) is 5.62. The summed E-state index contributed by atoms with van der Waals surface area (Å²) >= 11 is 0. The van der Waals surface area contributed by atoms with E-state index in [-0.39, 0.29) is 6.03 Å². The number of hydrogen-bond acceptors (Lipinski definition) is 3. The highest BCUT2D eigenvalue weighted by Crippen LogP contribution is 2.29. The largest absolute Gasteiger partial charge is 0.493 e. The Morgan fingerprint density at radius 1 is 1.22 bits per heavy atom. The standard InChI is InChI=1S/C13H18N2O3/c1-17-11-7-6-10(8-12(11)18-2)15-13(16)14-9-4-3-5-9/h6-9H,3-5H2,1-2H3,(H2,14,15,16). The van der Waals surface area contributed by atoms with E-state index < -0.39 is 0 Å². The van der Waals surface area contributed by atoms with Crippen LogP contribution in [0.15, 0.2) is 18.2 Å². The van der Waals surface area contributed by atoms with Gasteiger partial charge in [0.15, 0.2) is 11.5 Å². The van der Waals surface area contributed by atoms with Gasteiger partial charge in [-0.05, 0) is 31.4 Å². The normalized spacial score (nSPS) is 14.6. The number of rotatable bonds is 4. The average Bonchev–Trinajstić information content (AvgIpc) is 2.33. The van der Waals surface area contributed by atoms with Gasteiger partial charge in [-0.3, -0.25) is 0 Å². The smallest absolute Gasteiger partial charge is 0.319 e. The summed E-state index contributed by atoms with van der Waals surface area (Å²) in [5, 5.41) is 5.69. The number of urea groups is 1. The molecule has 5 heteroatoms. The second-order valence-corrected chi connectivity index (χ2v) is 4.30. The third-order valence-electron chi connectivity index (χ3n) is 3.08. The Kier molecular flexibility index (Phi) is 3.92. The molecule has 0 radical (unpaired) electrons. The molecule has 0 unspecified atom stereocenters. The van der Waals surface area contributed by atoms with Gasteiger partial charge in [-0.1, -0.05) is 0 Å². The number of anilines is 1. The van der Waals surface area contributed by atoms with Crippen molar-refractivity contribution in [2.45, 2.75) is 25.3 Å². The highest BCUT2D eigenvalue weighted by molar-refractivity contribution is 5.89. The molecule has 0 bridgehead atoms. The van der Waals surface area contributed by atoms with Crippen molar-refractivity contribution in [2.24, 2.45) is 0 Å². The first kappa shape index (κ1) is 12.5. The second-order valence-electron chi connectivity index (χ2n) is 4.30. The zero-order chi connectivity index (χ0) is 13.0. The lowest BCUT2D eigenvalue weighted by atomic mass is 9.93. The van der Waals surface area contributed by atoms with E-state index in [9.17, 15) is 4.79 Å². The molecule has 1 fully saturated rings.